The number of carbonyl (C=O) groups is 3. The number of primary amides is 1. The van der Waals surface area contributed by atoms with Crippen molar-refractivity contribution >= 4 is 23.7 Å². The van der Waals surface area contributed by atoms with Gasteiger partial charge in [0.2, 0.25) is 17.7 Å². The number of benzene rings is 1. The number of carbonyl (C=O) groups excluding carboxylic acids is 3. The zero-order chi connectivity index (χ0) is 26.1. The molecule has 198 valence electrons. The highest BCUT2D eigenvalue weighted by Crippen LogP contribution is 2.50. The van der Waals surface area contributed by atoms with Gasteiger partial charge in [0.15, 0.2) is 5.96 Å². The molecule has 0 spiro atoms. The van der Waals surface area contributed by atoms with E-state index in [0.717, 1.165) is 24.8 Å². The monoisotopic (exact) mass is 498 g/mol. The van der Waals surface area contributed by atoms with Crippen molar-refractivity contribution in [2.45, 2.75) is 83.2 Å². The Morgan fingerprint density at radius 1 is 1.03 bits per heavy atom. The van der Waals surface area contributed by atoms with Crippen molar-refractivity contribution in [3.8, 4) is 0 Å². The molecule has 0 aliphatic heterocycles. The van der Waals surface area contributed by atoms with E-state index < -0.39 is 29.3 Å². The molecule has 2 aliphatic carbocycles. The summed E-state index contributed by atoms with van der Waals surface area (Å²) in [4.78, 5) is 43.2. The van der Waals surface area contributed by atoms with E-state index >= 15 is 0 Å². The van der Waals surface area contributed by atoms with Gasteiger partial charge in [-0.05, 0) is 55.9 Å². The van der Waals surface area contributed by atoms with Gasteiger partial charge in [0.1, 0.15) is 12.1 Å². The quantitative estimate of drug-likeness (QED) is 0.168. The van der Waals surface area contributed by atoms with E-state index in [0.29, 0.717) is 31.2 Å². The molecule has 2 aliphatic rings. The minimum atomic E-state index is -0.883. The van der Waals surface area contributed by atoms with Gasteiger partial charge in [-0.3, -0.25) is 19.4 Å². The lowest BCUT2D eigenvalue weighted by atomic mass is 9.59. The van der Waals surface area contributed by atoms with E-state index in [1.165, 1.54) is 25.7 Å². The first-order valence-corrected chi connectivity index (χ1v) is 13.2. The third kappa shape index (κ3) is 7.45. The number of amides is 3. The maximum Gasteiger partial charge on any atom is 0.243 e. The van der Waals surface area contributed by atoms with Crippen molar-refractivity contribution in [3.63, 3.8) is 0 Å². The molecule has 0 radical (unpaired) electrons. The summed E-state index contributed by atoms with van der Waals surface area (Å²) in [5, 5.41) is 5.83. The molecule has 9 heteroatoms. The minimum absolute atomic E-state index is 0.0182. The SMILES string of the molecule is CCC1(C(=O)N[C@@H](CCCN=C(N)N)C(=O)N[C@@H](Cc2ccccc2)C(N)=O)C[C@@H]2CCC[C@@H](C2)C1. The maximum absolute atomic E-state index is 13.7. The van der Waals surface area contributed by atoms with Crippen molar-refractivity contribution in [3.05, 3.63) is 35.9 Å². The summed E-state index contributed by atoms with van der Waals surface area (Å²) >= 11 is 0. The van der Waals surface area contributed by atoms with Crippen LogP contribution in [0.25, 0.3) is 0 Å². The summed E-state index contributed by atoms with van der Waals surface area (Å²) in [6, 6.07) is 7.67. The third-order valence-corrected chi connectivity index (χ3v) is 7.92. The number of nitrogens with one attached hydrogen (secondary N) is 2. The predicted molar refractivity (Wildman–Crippen MR) is 141 cm³/mol. The van der Waals surface area contributed by atoms with Crippen LogP contribution in [0.3, 0.4) is 0 Å². The van der Waals surface area contributed by atoms with Crippen LogP contribution in [0.4, 0.5) is 0 Å². The number of rotatable bonds is 12. The summed E-state index contributed by atoms with van der Waals surface area (Å²) in [6.07, 6.45) is 8.39. The highest BCUT2D eigenvalue weighted by molar-refractivity contribution is 5.93. The summed E-state index contributed by atoms with van der Waals surface area (Å²) in [5.41, 5.74) is 16.9. The van der Waals surface area contributed by atoms with Crippen LogP contribution in [-0.2, 0) is 20.8 Å². The molecule has 2 saturated carbocycles. The molecule has 9 nitrogen and oxygen atoms in total. The zero-order valence-electron chi connectivity index (χ0n) is 21.4. The molecule has 2 bridgehead atoms. The molecule has 2 fully saturated rings. The number of aliphatic imine (C=N–C) groups is 1. The smallest absolute Gasteiger partial charge is 0.243 e. The van der Waals surface area contributed by atoms with Gasteiger partial charge >= 0.3 is 0 Å². The molecule has 3 amide bonds. The van der Waals surface area contributed by atoms with Gasteiger partial charge in [-0.25, -0.2) is 0 Å². The van der Waals surface area contributed by atoms with Gasteiger partial charge in [-0.2, -0.15) is 0 Å². The highest BCUT2D eigenvalue weighted by atomic mass is 16.2. The van der Waals surface area contributed by atoms with Crippen LogP contribution in [0, 0.1) is 17.3 Å². The highest BCUT2D eigenvalue weighted by Gasteiger charge is 2.46. The number of nitrogens with zero attached hydrogens (tertiary/aromatic N) is 1. The molecule has 36 heavy (non-hydrogen) atoms. The van der Waals surface area contributed by atoms with Crippen LogP contribution in [0.2, 0.25) is 0 Å². The van der Waals surface area contributed by atoms with Gasteiger partial charge < -0.3 is 27.8 Å². The standard InChI is InChI=1S/C27H42N6O3/c1-2-27(16-19-10-6-11-20(14-19)17-27)25(36)33-21(12-7-13-31-26(29)30)24(35)32-22(23(28)34)15-18-8-4-3-5-9-18/h3-5,8-9,19-22H,2,6-7,10-17H2,1H3,(H2,28,34)(H,32,35)(H,33,36)(H4,29,30,31)/t19-,20+,21-,22-,27?/m0/s1. The van der Waals surface area contributed by atoms with Crippen LogP contribution >= 0.6 is 0 Å². The van der Waals surface area contributed by atoms with Gasteiger partial charge in [0.25, 0.3) is 0 Å². The Labute approximate surface area is 214 Å². The Morgan fingerprint density at radius 3 is 2.28 bits per heavy atom. The van der Waals surface area contributed by atoms with Crippen molar-refractivity contribution in [1.29, 1.82) is 0 Å². The lowest BCUT2D eigenvalue weighted by Crippen LogP contribution is -2.56. The molecular weight excluding hydrogens is 456 g/mol. The fraction of sp³-hybridized carbons (Fsp3) is 0.630. The summed E-state index contributed by atoms with van der Waals surface area (Å²) < 4.78 is 0. The second-order valence-electron chi connectivity index (χ2n) is 10.6. The second-order valence-corrected chi connectivity index (χ2v) is 10.6. The van der Waals surface area contributed by atoms with Crippen molar-refractivity contribution < 1.29 is 14.4 Å². The normalized spacial score (nSPS) is 24.7. The minimum Gasteiger partial charge on any atom is -0.370 e. The van der Waals surface area contributed by atoms with Crippen molar-refractivity contribution in [2.24, 2.45) is 39.4 Å². The van der Waals surface area contributed by atoms with E-state index in [-0.39, 0.29) is 18.3 Å². The second kappa shape index (κ2) is 12.7. The largest absolute Gasteiger partial charge is 0.370 e. The van der Waals surface area contributed by atoms with Gasteiger partial charge in [-0.1, -0.05) is 56.5 Å². The molecule has 0 saturated heterocycles. The van der Waals surface area contributed by atoms with Crippen molar-refractivity contribution in [2.75, 3.05) is 6.54 Å². The molecule has 0 aromatic heterocycles. The Bertz CT molecular complexity index is 919. The summed E-state index contributed by atoms with van der Waals surface area (Å²) in [6.45, 7) is 2.41. The lowest BCUT2D eigenvalue weighted by molar-refractivity contribution is -0.140. The molecule has 0 heterocycles. The lowest BCUT2D eigenvalue weighted by Gasteiger charge is -2.46. The first-order valence-electron chi connectivity index (χ1n) is 13.2. The van der Waals surface area contributed by atoms with Crippen LogP contribution < -0.4 is 27.8 Å². The maximum atomic E-state index is 13.7. The molecule has 1 unspecified atom stereocenters. The number of hydrogen-bond donors (Lipinski definition) is 5. The number of nitrogens with two attached hydrogens (primary N) is 3. The van der Waals surface area contributed by atoms with E-state index in [1.807, 2.05) is 30.3 Å². The number of hydrogen-bond acceptors (Lipinski definition) is 4. The molecular formula is C27H42N6O3. The third-order valence-electron chi connectivity index (χ3n) is 7.92. The van der Waals surface area contributed by atoms with Crippen LogP contribution in [-0.4, -0.2) is 42.3 Å². The first kappa shape index (κ1) is 27.5. The number of fused-ring (bicyclic) bond motifs is 2. The fourth-order valence-corrected chi connectivity index (χ4v) is 6.02. The van der Waals surface area contributed by atoms with Crippen LogP contribution in [0.15, 0.2) is 35.3 Å². The van der Waals surface area contributed by atoms with Crippen LogP contribution in [0.1, 0.15) is 70.3 Å². The average molecular weight is 499 g/mol. The Morgan fingerprint density at radius 2 is 1.69 bits per heavy atom. The van der Waals surface area contributed by atoms with Crippen molar-refractivity contribution in [1.82, 2.24) is 10.6 Å². The van der Waals surface area contributed by atoms with Gasteiger partial charge in [0.05, 0.1) is 0 Å². The molecule has 5 atom stereocenters. The number of guanidine groups is 1. The Balaban J connectivity index is 1.73. The van der Waals surface area contributed by atoms with E-state index in [1.54, 1.807) is 0 Å². The zero-order valence-corrected chi connectivity index (χ0v) is 21.4. The molecule has 1 aromatic rings. The Kier molecular flexibility index (Phi) is 9.73. The van der Waals surface area contributed by atoms with E-state index in [9.17, 15) is 14.4 Å². The Hall–Kier alpha value is -3.10. The topological polar surface area (TPSA) is 166 Å². The molecule has 1 aromatic carbocycles. The first-order chi connectivity index (χ1) is 17.2. The average Bonchev–Trinajstić information content (AvgIpc) is 2.85. The fourth-order valence-electron chi connectivity index (χ4n) is 6.02. The molecule has 8 N–H and O–H groups in total. The van der Waals surface area contributed by atoms with E-state index in [2.05, 4.69) is 22.5 Å². The van der Waals surface area contributed by atoms with E-state index in [4.69, 9.17) is 17.2 Å². The van der Waals surface area contributed by atoms with Crippen LogP contribution in [0.5, 0.6) is 0 Å². The predicted octanol–water partition coefficient (Wildman–Crippen LogP) is 1.73. The van der Waals surface area contributed by atoms with Gasteiger partial charge in [-0.15, -0.1) is 0 Å². The molecule has 3 rings (SSSR count). The summed E-state index contributed by atoms with van der Waals surface area (Å²) in [7, 11) is 0. The van der Waals surface area contributed by atoms with Gasteiger partial charge in [0, 0.05) is 18.4 Å². The summed E-state index contributed by atoms with van der Waals surface area (Å²) in [5.74, 6) is 0.0144.